The summed E-state index contributed by atoms with van der Waals surface area (Å²) in [5.74, 6) is 2.06. The van der Waals surface area contributed by atoms with E-state index in [4.69, 9.17) is 14.2 Å². The minimum atomic E-state index is 0.644. The maximum Gasteiger partial charge on any atom is 0.162 e. The SMILES string of the molecule is COc1cc(Nc2ccnc3cc(OC)c(OC)cc23)cc(-c2ccncc2)c1. The molecule has 0 atom stereocenters. The summed E-state index contributed by atoms with van der Waals surface area (Å²) in [5, 5.41) is 4.42. The van der Waals surface area contributed by atoms with E-state index in [2.05, 4.69) is 21.4 Å². The van der Waals surface area contributed by atoms with E-state index >= 15 is 0 Å². The summed E-state index contributed by atoms with van der Waals surface area (Å²) in [5.41, 5.74) is 4.72. The van der Waals surface area contributed by atoms with Gasteiger partial charge in [-0.3, -0.25) is 9.97 Å². The molecule has 0 radical (unpaired) electrons. The van der Waals surface area contributed by atoms with Gasteiger partial charge in [0.1, 0.15) is 5.75 Å². The van der Waals surface area contributed by atoms with Crippen LogP contribution in [0.2, 0.25) is 0 Å². The highest BCUT2D eigenvalue weighted by molar-refractivity contribution is 5.95. The molecule has 0 aliphatic carbocycles. The summed E-state index contributed by atoms with van der Waals surface area (Å²) in [6, 6.07) is 15.7. The van der Waals surface area contributed by atoms with Crippen molar-refractivity contribution in [2.75, 3.05) is 26.6 Å². The fraction of sp³-hybridized carbons (Fsp3) is 0.130. The Kier molecular flexibility index (Phi) is 5.16. The second-order valence-electron chi connectivity index (χ2n) is 6.39. The normalized spacial score (nSPS) is 10.6. The van der Waals surface area contributed by atoms with Crippen molar-refractivity contribution in [3.8, 4) is 28.4 Å². The molecule has 1 N–H and O–H groups in total. The van der Waals surface area contributed by atoms with Crippen molar-refractivity contribution in [1.29, 1.82) is 0 Å². The quantitative estimate of drug-likeness (QED) is 0.498. The van der Waals surface area contributed by atoms with Gasteiger partial charge in [0.05, 0.1) is 26.8 Å². The van der Waals surface area contributed by atoms with Crippen molar-refractivity contribution < 1.29 is 14.2 Å². The highest BCUT2D eigenvalue weighted by atomic mass is 16.5. The molecule has 0 spiro atoms. The lowest BCUT2D eigenvalue weighted by Crippen LogP contribution is -1.96. The fourth-order valence-electron chi connectivity index (χ4n) is 3.24. The van der Waals surface area contributed by atoms with Crippen LogP contribution in [-0.4, -0.2) is 31.3 Å². The number of anilines is 2. The highest BCUT2D eigenvalue weighted by Crippen LogP contribution is 2.36. The van der Waals surface area contributed by atoms with Crippen LogP contribution in [-0.2, 0) is 0 Å². The zero-order valence-corrected chi connectivity index (χ0v) is 16.5. The van der Waals surface area contributed by atoms with E-state index in [-0.39, 0.29) is 0 Å². The lowest BCUT2D eigenvalue weighted by atomic mass is 10.1. The Bertz CT molecular complexity index is 1150. The second-order valence-corrected chi connectivity index (χ2v) is 6.39. The first-order valence-corrected chi connectivity index (χ1v) is 9.09. The Morgan fingerprint density at radius 2 is 1.48 bits per heavy atom. The number of pyridine rings is 2. The van der Waals surface area contributed by atoms with Gasteiger partial charge in [-0.15, -0.1) is 0 Å². The Hall–Kier alpha value is -3.80. The first kappa shape index (κ1) is 18.6. The van der Waals surface area contributed by atoms with Gasteiger partial charge in [0.2, 0.25) is 0 Å². The summed E-state index contributed by atoms with van der Waals surface area (Å²) in [4.78, 5) is 8.55. The smallest absolute Gasteiger partial charge is 0.162 e. The Balaban J connectivity index is 1.78. The average molecular weight is 387 g/mol. The molecule has 4 aromatic rings. The number of rotatable bonds is 6. The van der Waals surface area contributed by atoms with E-state index in [1.54, 1.807) is 39.9 Å². The maximum absolute atomic E-state index is 5.50. The number of methoxy groups -OCH3 is 3. The topological polar surface area (TPSA) is 65.5 Å². The van der Waals surface area contributed by atoms with Gasteiger partial charge < -0.3 is 19.5 Å². The predicted molar refractivity (Wildman–Crippen MR) is 114 cm³/mol. The number of hydrogen-bond donors (Lipinski definition) is 1. The van der Waals surface area contributed by atoms with Crippen molar-refractivity contribution >= 4 is 22.3 Å². The molecule has 6 heteroatoms. The molecule has 0 unspecified atom stereocenters. The average Bonchev–Trinajstić information content (AvgIpc) is 2.78. The summed E-state index contributed by atoms with van der Waals surface area (Å²) in [7, 11) is 4.90. The van der Waals surface area contributed by atoms with Crippen LogP contribution < -0.4 is 19.5 Å². The zero-order chi connectivity index (χ0) is 20.2. The molecule has 146 valence electrons. The third kappa shape index (κ3) is 3.78. The van der Waals surface area contributed by atoms with Crippen LogP contribution in [0, 0.1) is 0 Å². The van der Waals surface area contributed by atoms with Gasteiger partial charge in [-0.1, -0.05) is 0 Å². The molecule has 0 bridgehead atoms. The van der Waals surface area contributed by atoms with E-state index in [9.17, 15) is 0 Å². The van der Waals surface area contributed by atoms with Crippen LogP contribution in [0.1, 0.15) is 0 Å². The van der Waals surface area contributed by atoms with Gasteiger partial charge in [0.25, 0.3) is 0 Å². The number of nitrogens with zero attached hydrogens (tertiary/aromatic N) is 2. The maximum atomic E-state index is 5.50. The Morgan fingerprint density at radius 1 is 0.724 bits per heavy atom. The fourth-order valence-corrected chi connectivity index (χ4v) is 3.24. The number of fused-ring (bicyclic) bond motifs is 1. The molecule has 0 aliphatic heterocycles. The first-order valence-electron chi connectivity index (χ1n) is 9.09. The monoisotopic (exact) mass is 387 g/mol. The second kappa shape index (κ2) is 8.06. The predicted octanol–water partition coefficient (Wildman–Crippen LogP) is 5.07. The van der Waals surface area contributed by atoms with E-state index in [1.807, 2.05) is 42.5 Å². The third-order valence-electron chi connectivity index (χ3n) is 4.68. The number of aromatic nitrogens is 2. The van der Waals surface area contributed by atoms with Crippen LogP contribution >= 0.6 is 0 Å². The van der Waals surface area contributed by atoms with E-state index in [0.717, 1.165) is 39.2 Å². The molecule has 0 fully saturated rings. The van der Waals surface area contributed by atoms with Crippen LogP contribution in [0.3, 0.4) is 0 Å². The summed E-state index contributed by atoms with van der Waals surface area (Å²) in [6.07, 6.45) is 5.32. The standard InChI is InChI=1S/C23H21N3O3/c1-27-18-11-16(15-4-7-24-8-5-15)10-17(12-18)26-20-6-9-25-21-14-23(29-3)22(28-2)13-19(20)21/h4-14H,1-3H3,(H,25,26). The van der Waals surface area contributed by atoms with Crippen molar-refractivity contribution in [3.05, 3.63) is 67.1 Å². The lowest BCUT2D eigenvalue weighted by molar-refractivity contribution is 0.356. The summed E-state index contributed by atoms with van der Waals surface area (Å²) in [6.45, 7) is 0. The Labute approximate surface area is 169 Å². The molecule has 0 saturated heterocycles. The molecular formula is C23H21N3O3. The van der Waals surface area contributed by atoms with Crippen LogP contribution in [0.5, 0.6) is 17.2 Å². The van der Waals surface area contributed by atoms with Gasteiger partial charge in [0, 0.05) is 47.5 Å². The van der Waals surface area contributed by atoms with Gasteiger partial charge in [-0.05, 0) is 47.5 Å². The minimum absolute atomic E-state index is 0.644. The van der Waals surface area contributed by atoms with Crippen molar-refractivity contribution in [3.63, 3.8) is 0 Å². The molecule has 2 heterocycles. The minimum Gasteiger partial charge on any atom is -0.497 e. The molecule has 2 aromatic carbocycles. The molecule has 0 aliphatic rings. The van der Waals surface area contributed by atoms with Crippen LogP contribution in [0.15, 0.2) is 67.1 Å². The Morgan fingerprint density at radius 3 is 2.21 bits per heavy atom. The molecule has 0 amide bonds. The van der Waals surface area contributed by atoms with Gasteiger partial charge in [0.15, 0.2) is 11.5 Å². The number of benzene rings is 2. The van der Waals surface area contributed by atoms with Crippen molar-refractivity contribution in [1.82, 2.24) is 9.97 Å². The molecule has 6 nitrogen and oxygen atoms in total. The number of ether oxygens (including phenoxy) is 3. The lowest BCUT2D eigenvalue weighted by Gasteiger charge is -2.14. The van der Waals surface area contributed by atoms with Crippen LogP contribution in [0.25, 0.3) is 22.0 Å². The zero-order valence-electron chi connectivity index (χ0n) is 16.5. The molecule has 29 heavy (non-hydrogen) atoms. The van der Waals surface area contributed by atoms with Gasteiger partial charge in [-0.25, -0.2) is 0 Å². The molecule has 0 saturated carbocycles. The highest BCUT2D eigenvalue weighted by Gasteiger charge is 2.11. The van der Waals surface area contributed by atoms with Gasteiger partial charge in [-0.2, -0.15) is 0 Å². The van der Waals surface area contributed by atoms with E-state index in [1.165, 1.54) is 0 Å². The third-order valence-corrected chi connectivity index (χ3v) is 4.68. The number of hydrogen-bond acceptors (Lipinski definition) is 6. The van der Waals surface area contributed by atoms with Gasteiger partial charge >= 0.3 is 0 Å². The molecule has 2 aromatic heterocycles. The van der Waals surface area contributed by atoms with Crippen LogP contribution in [0.4, 0.5) is 11.4 Å². The largest absolute Gasteiger partial charge is 0.497 e. The molecular weight excluding hydrogens is 366 g/mol. The van der Waals surface area contributed by atoms with E-state index in [0.29, 0.717) is 11.5 Å². The first-order chi connectivity index (χ1) is 14.2. The summed E-state index contributed by atoms with van der Waals surface area (Å²) < 4.78 is 16.4. The number of nitrogens with one attached hydrogen (secondary N) is 1. The molecule has 4 rings (SSSR count). The van der Waals surface area contributed by atoms with Crippen molar-refractivity contribution in [2.24, 2.45) is 0 Å². The van der Waals surface area contributed by atoms with E-state index < -0.39 is 0 Å². The summed E-state index contributed by atoms with van der Waals surface area (Å²) >= 11 is 0. The van der Waals surface area contributed by atoms with Crippen molar-refractivity contribution in [2.45, 2.75) is 0 Å².